The quantitative estimate of drug-likeness (QED) is 0.680. The van der Waals surface area contributed by atoms with Crippen LogP contribution < -0.4 is 5.32 Å². The Labute approximate surface area is 118 Å². The standard InChI is InChI=1S/C11H5BrF2N2O4/c12-6-3-5(13)4-7(14)10(6)15-11(17)8-1-2-9(20-8)16(18)19/h1-4H,(H,15,17). The number of nitrogens with zero attached hydrogens (tertiary/aromatic N) is 1. The Kier molecular flexibility index (Phi) is 3.79. The molecule has 6 nitrogen and oxygen atoms in total. The highest BCUT2D eigenvalue weighted by Crippen LogP contribution is 2.27. The molecule has 0 fully saturated rings. The molecule has 0 unspecified atom stereocenters. The van der Waals surface area contributed by atoms with Crippen LogP contribution in [0.4, 0.5) is 20.4 Å². The Balaban J connectivity index is 2.25. The lowest BCUT2D eigenvalue weighted by Crippen LogP contribution is -2.12. The van der Waals surface area contributed by atoms with Gasteiger partial charge in [0.25, 0.3) is 5.91 Å². The average Bonchev–Trinajstić information content (AvgIpc) is 2.83. The van der Waals surface area contributed by atoms with Gasteiger partial charge < -0.3 is 9.73 Å². The molecule has 1 heterocycles. The van der Waals surface area contributed by atoms with Gasteiger partial charge in [-0.1, -0.05) is 0 Å². The molecular weight excluding hydrogens is 342 g/mol. The van der Waals surface area contributed by atoms with Crippen molar-refractivity contribution in [2.24, 2.45) is 0 Å². The van der Waals surface area contributed by atoms with Gasteiger partial charge in [-0.15, -0.1) is 0 Å². The lowest BCUT2D eigenvalue weighted by molar-refractivity contribution is -0.402. The third-order valence-corrected chi connectivity index (χ3v) is 2.87. The zero-order valence-electron chi connectivity index (χ0n) is 9.52. The summed E-state index contributed by atoms with van der Waals surface area (Å²) in [6, 6.07) is 3.61. The van der Waals surface area contributed by atoms with Crippen LogP contribution in [-0.4, -0.2) is 10.8 Å². The first-order valence-corrected chi connectivity index (χ1v) is 5.88. The highest BCUT2D eigenvalue weighted by Gasteiger charge is 2.19. The number of carbonyl (C=O) groups excluding carboxylic acids is 1. The van der Waals surface area contributed by atoms with Crippen molar-refractivity contribution in [3.8, 4) is 0 Å². The number of hydrogen-bond acceptors (Lipinski definition) is 4. The Hall–Kier alpha value is -2.29. The van der Waals surface area contributed by atoms with E-state index in [0.717, 1.165) is 18.2 Å². The van der Waals surface area contributed by atoms with Crippen molar-refractivity contribution >= 4 is 33.4 Å². The van der Waals surface area contributed by atoms with Crippen LogP contribution in [0.3, 0.4) is 0 Å². The second-order valence-corrected chi connectivity index (χ2v) is 4.45. The summed E-state index contributed by atoms with van der Waals surface area (Å²) < 4.78 is 31.0. The second-order valence-electron chi connectivity index (χ2n) is 3.59. The first kappa shape index (κ1) is 14.1. The maximum atomic E-state index is 13.5. The average molecular weight is 347 g/mol. The fourth-order valence-electron chi connectivity index (χ4n) is 1.38. The molecule has 1 aromatic carbocycles. The fourth-order valence-corrected chi connectivity index (χ4v) is 1.89. The van der Waals surface area contributed by atoms with E-state index < -0.39 is 28.3 Å². The Morgan fingerprint density at radius 1 is 1.35 bits per heavy atom. The normalized spacial score (nSPS) is 10.3. The van der Waals surface area contributed by atoms with Gasteiger partial charge in [-0.3, -0.25) is 14.9 Å². The summed E-state index contributed by atoms with van der Waals surface area (Å²) in [5.74, 6) is -3.70. The largest absolute Gasteiger partial charge is 0.433 e. The molecule has 0 saturated carbocycles. The molecule has 1 aromatic heterocycles. The lowest BCUT2D eigenvalue weighted by Gasteiger charge is -2.07. The van der Waals surface area contributed by atoms with Gasteiger partial charge in [0.15, 0.2) is 11.6 Å². The van der Waals surface area contributed by atoms with Gasteiger partial charge in [0.05, 0.1) is 11.8 Å². The van der Waals surface area contributed by atoms with E-state index >= 15 is 0 Å². The van der Waals surface area contributed by atoms with Crippen molar-refractivity contribution in [2.75, 3.05) is 5.32 Å². The number of furan rings is 1. The lowest BCUT2D eigenvalue weighted by atomic mass is 10.3. The van der Waals surface area contributed by atoms with Gasteiger partial charge in [-0.25, -0.2) is 8.78 Å². The number of nitrogens with one attached hydrogen (secondary N) is 1. The van der Waals surface area contributed by atoms with Crippen LogP contribution in [0.5, 0.6) is 0 Å². The third-order valence-electron chi connectivity index (χ3n) is 2.24. The molecule has 9 heteroatoms. The molecule has 2 aromatic rings. The minimum Gasteiger partial charge on any atom is -0.395 e. The van der Waals surface area contributed by atoms with Gasteiger partial charge in [0.1, 0.15) is 10.7 Å². The van der Waals surface area contributed by atoms with Crippen LogP contribution in [0.2, 0.25) is 0 Å². The number of carbonyl (C=O) groups is 1. The maximum absolute atomic E-state index is 13.5. The topological polar surface area (TPSA) is 85.4 Å². The molecule has 0 aliphatic rings. The van der Waals surface area contributed by atoms with E-state index in [9.17, 15) is 23.7 Å². The molecule has 0 aliphatic heterocycles. The minimum absolute atomic E-state index is 0.00981. The van der Waals surface area contributed by atoms with Crippen molar-refractivity contribution in [3.05, 3.63) is 56.2 Å². The van der Waals surface area contributed by atoms with E-state index in [2.05, 4.69) is 25.7 Å². The maximum Gasteiger partial charge on any atom is 0.433 e. The van der Waals surface area contributed by atoms with Crippen LogP contribution >= 0.6 is 15.9 Å². The van der Waals surface area contributed by atoms with Crippen molar-refractivity contribution in [1.29, 1.82) is 0 Å². The van der Waals surface area contributed by atoms with E-state index in [1.54, 1.807) is 0 Å². The van der Waals surface area contributed by atoms with Gasteiger partial charge in [-0.05, 0) is 28.1 Å². The van der Waals surface area contributed by atoms with E-state index in [1.165, 1.54) is 0 Å². The molecule has 0 radical (unpaired) electrons. The SMILES string of the molecule is O=C(Nc1c(F)cc(F)cc1Br)c1ccc([N+](=O)[O-])o1. The zero-order chi connectivity index (χ0) is 14.9. The highest BCUT2D eigenvalue weighted by molar-refractivity contribution is 9.10. The molecule has 0 saturated heterocycles. The number of halogens is 3. The van der Waals surface area contributed by atoms with Crippen LogP contribution in [0.15, 0.2) is 33.2 Å². The first-order valence-electron chi connectivity index (χ1n) is 5.08. The van der Waals surface area contributed by atoms with Crippen LogP contribution in [-0.2, 0) is 0 Å². The van der Waals surface area contributed by atoms with Crippen LogP contribution in [0.25, 0.3) is 0 Å². The fraction of sp³-hybridized carbons (Fsp3) is 0. The Morgan fingerprint density at radius 2 is 2.05 bits per heavy atom. The number of rotatable bonds is 3. The predicted octanol–water partition coefficient (Wildman–Crippen LogP) is 3.48. The monoisotopic (exact) mass is 346 g/mol. The summed E-state index contributed by atoms with van der Waals surface area (Å²) >= 11 is 2.89. The van der Waals surface area contributed by atoms with Crippen molar-refractivity contribution in [3.63, 3.8) is 0 Å². The number of hydrogen-bond donors (Lipinski definition) is 1. The molecule has 1 N–H and O–H groups in total. The van der Waals surface area contributed by atoms with Crippen molar-refractivity contribution in [2.45, 2.75) is 0 Å². The molecule has 104 valence electrons. The van der Waals surface area contributed by atoms with Crippen molar-refractivity contribution < 1.29 is 22.9 Å². The van der Waals surface area contributed by atoms with Gasteiger partial charge in [0.2, 0.25) is 0 Å². The minimum atomic E-state index is -0.994. The van der Waals surface area contributed by atoms with Gasteiger partial charge in [0, 0.05) is 10.5 Å². The van der Waals surface area contributed by atoms with E-state index in [1.807, 2.05) is 0 Å². The summed E-state index contributed by atoms with van der Waals surface area (Å²) in [7, 11) is 0. The number of anilines is 1. The number of nitro groups is 1. The second kappa shape index (κ2) is 5.37. The molecule has 0 aliphatic carbocycles. The van der Waals surface area contributed by atoms with Crippen molar-refractivity contribution in [1.82, 2.24) is 0 Å². The number of amides is 1. The molecule has 0 atom stereocenters. The smallest absolute Gasteiger partial charge is 0.395 e. The highest BCUT2D eigenvalue weighted by atomic mass is 79.9. The summed E-state index contributed by atoms with van der Waals surface area (Å²) in [6.07, 6.45) is 0. The summed E-state index contributed by atoms with van der Waals surface area (Å²) in [5, 5.41) is 12.5. The van der Waals surface area contributed by atoms with E-state index in [0.29, 0.717) is 6.07 Å². The van der Waals surface area contributed by atoms with Gasteiger partial charge >= 0.3 is 5.88 Å². The molecular formula is C11H5BrF2N2O4. The molecule has 2 rings (SSSR count). The molecule has 1 amide bonds. The zero-order valence-corrected chi connectivity index (χ0v) is 11.1. The van der Waals surface area contributed by atoms with E-state index in [-0.39, 0.29) is 15.9 Å². The Bertz CT molecular complexity index is 678. The van der Waals surface area contributed by atoms with Gasteiger partial charge in [-0.2, -0.15) is 0 Å². The summed E-state index contributed by atoms with van der Waals surface area (Å²) in [4.78, 5) is 21.3. The molecule has 0 spiro atoms. The molecule has 0 bridgehead atoms. The Morgan fingerprint density at radius 3 is 2.60 bits per heavy atom. The predicted molar refractivity (Wildman–Crippen MR) is 67.4 cm³/mol. The van der Waals surface area contributed by atoms with Crippen LogP contribution in [0, 0.1) is 21.7 Å². The summed E-state index contributed by atoms with van der Waals surface area (Å²) in [5.41, 5.74) is -0.296. The third kappa shape index (κ3) is 2.82. The number of benzene rings is 1. The first-order chi connectivity index (χ1) is 9.38. The summed E-state index contributed by atoms with van der Waals surface area (Å²) in [6.45, 7) is 0. The van der Waals surface area contributed by atoms with Crippen LogP contribution in [0.1, 0.15) is 10.6 Å². The molecule has 20 heavy (non-hydrogen) atoms. The van der Waals surface area contributed by atoms with E-state index in [4.69, 9.17) is 0 Å².